The van der Waals surface area contributed by atoms with Gasteiger partial charge in [0.15, 0.2) is 6.61 Å². The maximum Gasteiger partial charge on any atom is 0.281 e. The minimum absolute atomic E-state index is 0.0502. The van der Waals surface area contributed by atoms with Crippen LogP contribution in [0.3, 0.4) is 0 Å². The van der Waals surface area contributed by atoms with E-state index in [4.69, 9.17) is 33.7 Å². The van der Waals surface area contributed by atoms with E-state index in [-0.39, 0.29) is 35.9 Å². The molecule has 0 bridgehead atoms. The molecule has 4 rings (SSSR count). The number of nitrogens with one attached hydrogen (secondary N) is 2. The molecule has 0 aliphatic heterocycles. The molecule has 2 unspecified atom stereocenters. The predicted molar refractivity (Wildman–Crippen MR) is 232 cm³/mol. The molecular formula is C47H70N4O10. The van der Waals surface area contributed by atoms with Gasteiger partial charge in [0.2, 0.25) is 17.7 Å². The van der Waals surface area contributed by atoms with E-state index in [0.29, 0.717) is 36.1 Å². The lowest BCUT2D eigenvalue weighted by Crippen LogP contribution is -2.32. The van der Waals surface area contributed by atoms with Crippen molar-refractivity contribution in [3.05, 3.63) is 94.3 Å². The first-order valence-corrected chi connectivity index (χ1v) is 21.2. The summed E-state index contributed by atoms with van der Waals surface area (Å²) in [6.07, 6.45) is 6.56. The molecule has 2 aromatic heterocycles. The summed E-state index contributed by atoms with van der Waals surface area (Å²) in [5, 5.41) is 37.9. The first kappa shape index (κ1) is 50.6. The van der Waals surface area contributed by atoms with Crippen LogP contribution < -0.4 is 20.4 Å². The van der Waals surface area contributed by atoms with Crippen LogP contribution in [-0.2, 0) is 33.3 Å². The normalized spacial score (nSPS) is 13.2. The number of oxazole rings is 2. The number of aromatic nitrogens is 2. The van der Waals surface area contributed by atoms with Gasteiger partial charge >= 0.3 is 0 Å². The molecule has 0 saturated carbocycles. The maximum atomic E-state index is 11.4. The molecule has 2 heterocycles. The SMILES string of the molecule is CCC(CC)(c1ccc(OCC(=O)NO)c(C)c1)c1nc(CCC(O)C(C)(C)C)co1.CCC(CC)(c1ccc(OCC(O)C(C)(C)C)c(C)c1)c1nc(CC(=O)NO)co1. The number of carbonyl (C=O) groups is 2. The van der Waals surface area contributed by atoms with Crippen LogP contribution in [0, 0.1) is 24.7 Å². The van der Waals surface area contributed by atoms with E-state index >= 15 is 0 Å². The van der Waals surface area contributed by atoms with Gasteiger partial charge in [0.1, 0.15) is 30.6 Å². The predicted octanol–water partition coefficient (Wildman–Crippen LogP) is 8.24. The maximum absolute atomic E-state index is 11.4. The Morgan fingerprint density at radius 2 is 1.11 bits per heavy atom. The van der Waals surface area contributed by atoms with Gasteiger partial charge in [0.25, 0.3) is 5.91 Å². The third-order valence-electron chi connectivity index (χ3n) is 11.8. The van der Waals surface area contributed by atoms with Crippen molar-refractivity contribution in [1.82, 2.24) is 20.9 Å². The summed E-state index contributed by atoms with van der Waals surface area (Å²) in [7, 11) is 0. The number of benzene rings is 2. The van der Waals surface area contributed by atoms with Crippen molar-refractivity contribution in [2.24, 2.45) is 10.8 Å². The zero-order chi connectivity index (χ0) is 45.8. The van der Waals surface area contributed by atoms with Crippen LogP contribution in [0.1, 0.15) is 147 Å². The van der Waals surface area contributed by atoms with Crippen molar-refractivity contribution in [1.29, 1.82) is 0 Å². The van der Waals surface area contributed by atoms with Crippen molar-refractivity contribution in [3.8, 4) is 11.5 Å². The largest absolute Gasteiger partial charge is 0.491 e. The van der Waals surface area contributed by atoms with Crippen molar-refractivity contribution >= 4 is 11.8 Å². The van der Waals surface area contributed by atoms with E-state index in [9.17, 15) is 19.8 Å². The number of aliphatic hydroxyl groups excluding tert-OH is 2. The molecule has 4 aromatic rings. The van der Waals surface area contributed by atoms with Crippen LogP contribution in [0.25, 0.3) is 0 Å². The zero-order valence-corrected chi connectivity index (χ0v) is 38.3. The highest BCUT2D eigenvalue weighted by atomic mass is 16.5. The third-order valence-corrected chi connectivity index (χ3v) is 11.8. The molecule has 61 heavy (non-hydrogen) atoms. The summed E-state index contributed by atoms with van der Waals surface area (Å²) in [5.41, 5.74) is 7.21. The molecule has 14 nitrogen and oxygen atoms in total. The van der Waals surface area contributed by atoms with Gasteiger partial charge in [-0.25, -0.2) is 20.9 Å². The average Bonchev–Trinajstić information content (AvgIpc) is 3.90. The molecule has 2 atom stereocenters. The summed E-state index contributed by atoms with van der Waals surface area (Å²) in [6.45, 7) is 24.2. The lowest BCUT2D eigenvalue weighted by molar-refractivity contribution is -0.131. The average molecular weight is 851 g/mol. The quantitative estimate of drug-likeness (QED) is 0.0389. The second-order valence-corrected chi connectivity index (χ2v) is 18.0. The van der Waals surface area contributed by atoms with Gasteiger partial charge in [-0.15, -0.1) is 0 Å². The smallest absolute Gasteiger partial charge is 0.281 e. The number of nitrogens with zero attached hydrogens (tertiary/aromatic N) is 2. The van der Waals surface area contributed by atoms with E-state index in [1.54, 1.807) is 17.2 Å². The van der Waals surface area contributed by atoms with Gasteiger partial charge in [-0.1, -0.05) is 93.5 Å². The third kappa shape index (κ3) is 12.9. The van der Waals surface area contributed by atoms with Gasteiger partial charge in [0.05, 0.1) is 40.8 Å². The fraction of sp³-hybridized carbons (Fsp3) is 0.574. The summed E-state index contributed by atoms with van der Waals surface area (Å²) in [4.78, 5) is 32.0. The number of hydroxylamine groups is 2. The van der Waals surface area contributed by atoms with E-state index in [2.05, 4.69) is 38.7 Å². The fourth-order valence-corrected chi connectivity index (χ4v) is 7.15. The molecule has 338 valence electrons. The highest BCUT2D eigenvalue weighted by molar-refractivity contribution is 5.77. The topological polar surface area (TPSA) is 210 Å². The van der Waals surface area contributed by atoms with Crippen LogP contribution in [-0.4, -0.2) is 67.8 Å². The first-order valence-electron chi connectivity index (χ1n) is 21.2. The molecule has 0 radical (unpaired) electrons. The van der Waals surface area contributed by atoms with E-state index < -0.39 is 29.4 Å². The Balaban J connectivity index is 0.000000325. The summed E-state index contributed by atoms with van der Waals surface area (Å²) < 4.78 is 23.1. The molecule has 14 heteroatoms. The van der Waals surface area contributed by atoms with Crippen LogP contribution in [0.4, 0.5) is 0 Å². The zero-order valence-electron chi connectivity index (χ0n) is 38.3. The molecular weight excluding hydrogens is 781 g/mol. The number of hydrogen-bond acceptors (Lipinski definition) is 12. The molecule has 2 amide bonds. The van der Waals surface area contributed by atoms with Crippen LogP contribution in [0.15, 0.2) is 57.8 Å². The number of carbonyl (C=O) groups excluding carboxylic acids is 2. The Hall–Kier alpha value is -4.76. The van der Waals surface area contributed by atoms with E-state index in [1.807, 2.05) is 85.7 Å². The lowest BCUT2D eigenvalue weighted by Gasteiger charge is -2.30. The molecule has 0 aliphatic carbocycles. The molecule has 0 fully saturated rings. The van der Waals surface area contributed by atoms with E-state index in [1.165, 1.54) is 6.26 Å². The number of aliphatic hydroxyl groups is 2. The highest BCUT2D eigenvalue weighted by Crippen LogP contribution is 2.41. The lowest BCUT2D eigenvalue weighted by atomic mass is 9.75. The van der Waals surface area contributed by atoms with Crippen molar-refractivity contribution in [2.75, 3.05) is 13.2 Å². The minimum atomic E-state index is -0.608. The molecule has 2 aromatic carbocycles. The Morgan fingerprint density at radius 3 is 1.54 bits per heavy atom. The Labute approximate surface area is 361 Å². The van der Waals surface area contributed by atoms with Gasteiger partial charge < -0.3 is 28.5 Å². The number of ether oxygens (including phenoxy) is 2. The molecule has 0 saturated heterocycles. The number of aryl methyl sites for hydroxylation is 3. The van der Waals surface area contributed by atoms with Gasteiger partial charge in [-0.2, -0.15) is 0 Å². The fourth-order valence-electron chi connectivity index (χ4n) is 7.15. The summed E-state index contributed by atoms with van der Waals surface area (Å²) >= 11 is 0. The highest BCUT2D eigenvalue weighted by Gasteiger charge is 2.38. The standard InChI is InChI=1S/C24H36N2O5.C23H34N2O5/c1-7-24(8-2,17-9-11-19(16(3)13-17)30-15-21(28)26-29)22-25-18(14-31-22)10-12-20(27)23(4,5)6;1-7-23(8-2,21-24-17(13-30-21)12-20(27)25-28)16-9-10-18(15(3)11-16)29-14-19(26)22(4,5)6/h9,11,13-14,20,27,29H,7-8,10,12,15H2,1-6H3,(H,26,28);9-11,13,19,26,28H,7-8,12,14H2,1-6H3,(H,25,27). The summed E-state index contributed by atoms with van der Waals surface area (Å²) in [6, 6.07) is 11.8. The number of amides is 2. The molecule has 6 N–H and O–H groups in total. The van der Waals surface area contributed by atoms with Crippen molar-refractivity contribution in [3.63, 3.8) is 0 Å². The first-order chi connectivity index (χ1) is 28.6. The van der Waals surface area contributed by atoms with Crippen LogP contribution in [0.5, 0.6) is 11.5 Å². The number of rotatable bonds is 19. The second kappa shape index (κ2) is 21.9. The number of hydrogen-bond donors (Lipinski definition) is 6. The van der Waals surface area contributed by atoms with Crippen LogP contribution in [0.2, 0.25) is 0 Å². The monoisotopic (exact) mass is 851 g/mol. The summed E-state index contributed by atoms with van der Waals surface area (Å²) in [5.74, 6) is 1.38. The molecule has 0 spiro atoms. The Kier molecular flexibility index (Phi) is 18.1. The van der Waals surface area contributed by atoms with Crippen LogP contribution >= 0.6 is 0 Å². The van der Waals surface area contributed by atoms with Crippen molar-refractivity contribution < 1.29 is 48.5 Å². The Morgan fingerprint density at radius 1 is 0.672 bits per heavy atom. The van der Waals surface area contributed by atoms with Crippen molar-refractivity contribution in [2.45, 2.75) is 151 Å². The second-order valence-electron chi connectivity index (χ2n) is 18.0. The van der Waals surface area contributed by atoms with Gasteiger partial charge in [-0.3, -0.25) is 20.0 Å². The molecule has 0 aliphatic rings. The Bertz CT molecular complexity index is 2000. The van der Waals surface area contributed by atoms with E-state index in [0.717, 1.165) is 59.4 Å². The van der Waals surface area contributed by atoms with Gasteiger partial charge in [-0.05, 0) is 97.6 Å². The minimum Gasteiger partial charge on any atom is -0.491 e. The van der Waals surface area contributed by atoms with Gasteiger partial charge in [0, 0.05) is 0 Å².